The number of hydrogen-bond donors (Lipinski definition) is 1. The van der Waals surface area contributed by atoms with Crippen LogP contribution in [0.1, 0.15) is 32.3 Å². The molecule has 0 heterocycles. The number of amides is 1. The normalized spacial score (nSPS) is 11.6. The van der Waals surface area contributed by atoms with Crippen LogP contribution in [0, 0.1) is 0 Å². The smallest absolute Gasteiger partial charge is 0.235 e. The number of benzene rings is 1. The van der Waals surface area contributed by atoms with Crippen LogP contribution in [0.25, 0.3) is 0 Å². The third-order valence-electron chi connectivity index (χ3n) is 3.00. The lowest BCUT2D eigenvalue weighted by Gasteiger charge is -2.14. The molecule has 6 heteroatoms. The summed E-state index contributed by atoms with van der Waals surface area (Å²) in [4.78, 5) is 11.7. The number of sulfone groups is 1. The molecule has 20 heavy (non-hydrogen) atoms. The van der Waals surface area contributed by atoms with Crippen molar-refractivity contribution in [2.75, 3.05) is 5.75 Å². The Morgan fingerprint density at radius 1 is 1.20 bits per heavy atom. The molecule has 0 aliphatic rings. The monoisotopic (exact) mass is 317 g/mol. The average Bonchev–Trinajstić information content (AvgIpc) is 2.37. The Labute approximate surface area is 125 Å². The fraction of sp³-hybridized carbons (Fsp3) is 0.500. The summed E-state index contributed by atoms with van der Waals surface area (Å²) in [7, 11) is -3.46. The van der Waals surface area contributed by atoms with Gasteiger partial charge in [0.05, 0.1) is 5.75 Å². The number of halogens is 1. The molecule has 4 nitrogen and oxygen atoms in total. The van der Waals surface area contributed by atoms with Gasteiger partial charge in [-0.15, -0.1) is 0 Å². The van der Waals surface area contributed by atoms with Crippen molar-refractivity contribution in [2.24, 2.45) is 0 Å². The Bertz CT molecular complexity index is 536. The van der Waals surface area contributed by atoms with Gasteiger partial charge in [0.15, 0.2) is 9.84 Å². The third kappa shape index (κ3) is 5.92. The van der Waals surface area contributed by atoms with E-state index in [0.29, 0.717) is 10.6 Å². The van der Waals surface area contributed by atoms with E-state index in [-0.39, 0.29) is 11.8 Å². The molecule has 0 bridgehead atoms. The van der Waals surface area contributed by atoms with Crippen molar-refractivity contribution in [2.45, 2.75) is 38.5 Å². The molecule has 0 spiro atoms. The zero-order valence-corrected chi connectivity index (χ0v) is 13.3. The maximum atomic E-state index is 12.0. The molecular formula is C14H20ClNO3S. The van der Waals surface area contributed by atoms with E-state index < -0.39 is 21.5 Å². The highest BCUT2D eigenvalue weighted by Gasteiger charge is 2.19. The van der Waals surface area contributed by atoms with Crippen LogP contribution < -0.4 is 5.32 Å². The molecule has 0 atom stereocenters. The second-order valence-electron chi connectivity index (χ2n) is 4.74. The summed E-state index contributed by atoms with van der Waals surface area (Å²) >= 11 is 5.74. The third-order valence-corrected chi connectivity index (χ3v) is 4.73. The van der Waals surface area contributed by atoms with Crippen molar-refractivity contribution in [1.82, 2.24) is 5.32 Å². The molecule has 1 rings (SSSR count). The molecule has 0 saturated carbocycles. The molecule has 112 valence electrons. The van der Waals surface area contributed by atoms with Crippen molar-refractivity contribution < 1.29 is 13.2 Å². The lowest BCUT2D eigenvalue weighted by atomic mass is 10.2. The summed E-state index contributed by atoms with van der Waals surface area (Å²) in [6, 6.07) is 6.61. The first kappa shape index (κ1) is 17.0. The van der Waals surface area contributed by atoms with Gasteiger partial charge in [0.1, 0.15) is 5.75 Å². The van der Waals surface area contributed by atoms with Crippen molar-refractivity contribution >= 4 is 27.3 Å². The van der Waals surface area contributed by atoms with Crippen molar-refractivity contribution in [1.29, 1.82) is 0 Å². The summed E-state index contributed by atoms with van der Waals surface area (Å²) in [5, 5.41) is 3.28. The molecule has 0 unspecified atom stereocenters. The van der Waals surface area contributed by atoms with Gasteiger partial charge in [-0.1, -0.05) is 37.6 Å². The molecule has 0 aromatic heterocycles. The van der Waals surface area contributed by atoms with E-state index in [1.165, 1.54) is 0 Å². The lowest BCUT2D eigenvalue weighted by Crippen LogP contribution is -2.38. The summed E-state index contributed by atoms with van der Waals surface area (Å²) in [5.74, 6) is -1.07. The van der Waals surface area contributed by atoms with Crippen LogP contribution in [-0.4, -0.2) is 26.1 Å². The fourth-order valence-corrected chi connectivity index (χ4v) is 3.26. The van der Waals surface area contributed by atoms with Crippen LogP contribution in [0.2, 0.25) is 5.02 Å². The van der Waals surface area contributed by atoms with Crippen LogP contribution in [0.3, 0.4) is 0 Å². The molecule has 0 aliphatic heterocycles. The van der Waals surface area contributed by atoms with Gasteiger partial charge in [-0.3, -0.25) is 4.79 Å². The van der Waals surface area contributed by atoms with Gasteiger partial charge in [-0.2, -0.15) is 0 Å². The minimum atomic E-state index is -3.46. The highest BCUT2D eigenvalue weighted by atomic mass is 35.5. The molecule has 1 aromatic rings. The van der Waals surface area contributed by atoms with E-state index in [0.717, 1.165) is 12.8 Å². The largest absolute Gasteiger partial charge is 0.353 e. The van der Waals surface area contributed by atoms with Crippen molar-refractivity contribution in [3.63, 3.8) is 0 Å². The van der Waals surface area contributed by atoms with Crippen LogP contribution in [-0.2, 0) is 20.4 Å². The molecule has 0 saturated heterocycles. The van der Waals surface area contributed by atoms with Gasteiger partial charge in [0.2, 0.25) is 5.91 Å². The van der Waals surface area contributed by atoms with Crippen molar-refractivity contribution in [3.05, 3.63) is 34.9 Å². The zero-order valence-electron chi connectivity index (χ0n) is 11.7. The summed E-state index contributed by atoms with van der Waals surface area (Å²) < 4.78 is 23.9. The molecule has 1 aromatic carbocycles. The SMILES string of the molecule is CCC(CC)NC(=O)CS(=O)(=O)Cc1ccc(Cl)cc1. The first-order chi connectivity index (χ1) is 9.36. The van der Waals surface area contributed by atoms with E-state index in [1.54, 1.807) is 24.3 Å². The number of nitrogens with one attached hydrogen (secondary N) is 1. The fourth-order valence-electron chi connectivity index (χ4n) is 1.85. The topological polar surface area (TPSA) is 63.2 Å². The lowest BCUT2D eigenvalue weighted by molar-refractivity contribution is -0.119. The van der Waals surface area contributed by atoms with Gasteiger partial charge in [-0.25, -0.2) is 8.42 Å². The Morgan fingerprint density at radius 2 is 1.75 bits per heavy atom. The van der Waals surface area contributed by atoms with E-state index in [2.05, 4.69) is 5.32 Å². The highest BCUT2D eigenvalue weighted by Crippen LogP contribution is 2.12. The number of carbonyl (C=O) groups is 1. The minimum absolute atomic E-state index is 0.0354. The van der Waals surface area contributed by atoms with Gasteiger partial charge in [-0.05, 0) is 30.5 Å². The molecule has 1 amide bonds. The summed E-state index contributed by atoms with van der Waals surface area (Å²) in [5.41, 5.74) is 0.629. The molecule has 0 radical (unpaired) electrons. The quantitative estimate of drug-likeness (QED) is 0.840. The number of rotatable bonds is 7. The highest BCUT2D eigenvalue weighted by molar-refractivity contribution is 7.91. The van der Waals surface area contributed by atoms with Crippen LogP contribution >= 0.6 is 11.6 Å². The van der Waals surface area contributed by atoms with Gasteiger partial charge in [0.25, 0.3) is 0 Å². The zero-order chi connectivity index (χ0) is 15.2. The standard InChI is InChI=1S/C14H20ClNO3S/c1-3-13(4-2)16-14(17)10-20(18,19)9-11-5-7-12(15)8-6-11/h5-8,13H,3-4,9-10H2,1-2H3,(H,16,17). The van der Waals surface area contributed by atoms with E-state index in [4.69, 9.17) is 11.6 Å². The Morgan fingerprint density at radius 3 is 2.25 bits per heavy atom. The molecule has 1 N–H and O–H groups in total. The molecular weight excluding hydrogens is 298 g/mol. The van der Waals surface area contributed by atoms with Gasteiger partial charge < -0.3 is 5.32 Å². The first-order valence-electron chi connectivity index (χ1n) is 6.60. The predicted molar refractivity (Wildman–Crippen MR) is 81.5 cm³/mol. The van der Waals surface area contributed by atoms with Gasteiger partial charge >= 0.3 is 0 Å². The second kappa shape index (κ2) is 7.64. The van der Waals surface area contributed by atoms with Crippen molar-refractivity contribution in [3.8, 4) is 0 Å². The summed E-state index contributed by atoms with van der Waals surface area (Å²) in [6.45, 7) is 3.91. The Balaban J connectivity index is 2.61. The number of carbonyl (C=O) groups excluding carboxylic acids is 1. The molecule has 0 fully saturated rings. The predicted octanol–water partition coefficient (Wildman–Crippen LogP) is 2.56. The summed E-state index contributed by atoms with van der Waals surface area (Å²) in [6.07, 6.45) is 1.58. The minimum Gasteiger partial charge on any atom is -0.353 e. The van der Waals surface area contributed by atoms with Crippen LogP contribution in [0.15, 0.2) is 24.3 Å². The van der Waals surface area contributed by atoms with Crippen LogP contribution in [0.5, 0.6) is 0 Å². The maximum absolute atomic E-state index is 12.0. The van der Waals surface area contributed by atoms with E-state index in [9.17, 15) is 13.2 Å². The Kier molecular flexibility index (Phi) is 6.49. The Hall–Kier alpha value is -1.07. The van der Waals surface area contributed by atoms with E-state index in [1.807, 2.05) is 13.8 Å². The first-order valence-corrected chi connectivity index (χ1v) is 8.80. The maximum Gasteiger partial charge on any atom is 0.235 e. The van der Waals surface area contributed by atoms with Gasteiger partial charge in [0, 0.05) is 11.1 Å². The average molecular weight is 318 g/mol. The van der Waals surface area contributed by atoms with Crippen LogP contribution in [0.4, 0.5) is 0 Å². The molecule has 0 aliphatic carbocycles. The van der Waals surface area contributed by atoms with E-state index >= 15 is 0 Å². The second-order valence-corrected chi connectivity index (χ2v) is 7.24. The number of hydrogen-bond acceptors (Lipinski definition) is 3.